The number of carbonyl (C=O) groups is 2. The third-order valence-electron chi connectivity index (χ3n) is 7.98. The van der Waals surface area contributed by atoms with Gasteiger partial charge >= 0.3 is 11.9 Å². The molecule has 0 unspecified atom stereocenters. The molecule has 142 valence electrons. The minimum Gasteiger partial charge on any atom is -0.458 e. The Morgan fingerprint density at radius 3 is 2.65 bits per heavy atom. The van der Waals surface area contributed by atoms with Crippen LogP contribution in [0.15, 0.2) is 23.8 Å². The van der Waals surface area contributed by atoms with Gasteiger partial charge in [-0.3, -0.25) is 9.59 Å². The van der Waals surface area contributed by atoms with Gasteiger partial charge in [-0.15, -0.1) is 0 Å². The highest BCUT2D eigenvalue weighted by Gasteiger charge is 2.79. The molecule has 4 heteroatoms. The lowest BCUT2D eigenvalue weighted by Gasteiger charge is -2.60. The lowest BCUT2D eigenvalue weighted by molar-refractivity contribution is -0.200. The van der Waals surface area contributed by atoms with Crippen molar-refractivity contribution < 1.29 is 19.1 Å². The van der Waals surface area contributed by atoms with Crippen molar-refractivity contribution in [2.45, 2.75) is 77.9 Å². The van der Waals surface area contributed by atoms with Gasteiger partial charge in [0, 0.05) is 18.3 Å². The predicted molar refractivity (Wildman–Crippen MR) is 98.2 cm³/mol. The Morgan fingerprint density at radius 2 is 2.00 bits per heavy atom. The third-order valence-corrected chi connectivity index (χ3v) is 7.98. The molecule has 1 spiro atoms. The normalized spacial score (nSPS) is 48.5. The van der Waals surface area contributed by atoms with E-state index in [1.54, 1.807) is 0 Å². The van der Waals surface area contributed by atoms with Crippen LogP contribution in [0, 0.1) is 22.7 Å². The topological polar surface area (TPSA) is 52.6 Å². The highest BCUT2D eigenvalue weighted by atomic mass is 16.6. The molecule has 5 aliphatic rings. The fourth-order valence-electron chi connectivity index (χ4n) is 6.72. The molecule has 0 radical (unpaired) electrons. The van der Waals surface area contributed by atoms with Gasteiger partial charge in [0.05, 0.1) is 5.41 Å². The van der Waals surface area contributed by atoms with Crippen molar-refractivity contribution in [3.8, 4) is 0 Å². The summed E-state index contributed by atoms with van der Waals surface area (Å²) in [5, 5.41) is 0. The van der Waals surface area contributed by atoms with Crippen LogP contribution in [0.5, 0.6) is 0 Å². The van der Waals surface area contributed by atoms with Gasteiger partial charge in [-0.05, 0) is 65.2 Å². The summed E-state index contributed by atoms with van der Waals surface area (Å²) in [5.74, 6) is 0.115. The van der Waals surface area contributed by atoms with Crippen LogP contribution in [0.25, 0.3) is 0 Å². The Kier molecular flexibility index (Phi) is 3.74. The minimum atomic E-state index is -0.743. The molecule has 0 aromatic heterocycles. The zero-order chi connectivity index (χ0) is 18.9. The van der Waals surface area contributed by atoms with Crippen molar-refractivity contribution in [1.29, 1.82) is 0 Å². The fraction of sp³-hybridized carbons (Fsp3) is 0.727. The van der Waals surface area contributed by atoms with E-state index in [1.165, 1.54) is 18.1 Å². The van der Waals surface area contributed by atoms with Crippen LogP contribution in [-0.4, -0.2) is 23.6 Å². The van der Waals surface area contributed by atoms with Crippen molar-refractivity contribution in [3.63, 3.8) is 0 Å². The quantitative estimate of drug-likeness (QED) is 0.544. The summed E-state index contributed by atoms with van der Waals surface area (Å²) in [5.41, 5.74) is 1.37. The van der Waals surface area contributed by atoms with E-state index in [0.717, 1.165) is 32.1 Å². The summed E-state index contributed by atoms with van der Waals surface area (Å²) in [7, 11) is 0. The Bertz CT molecular complexity index is 722. The Hall–Kier alpha value is -1.58. The van der Waals surface area contributed by atoms with Gasteiger partial charge < -0.3 is 9.47 Å². The summed E-state index contributed by atoms with van der Waals surface area (Å²) in [6, 6.07) is 0. The molecule has 4 nitrogen and oxygen atoms in total. The lowest BCUT2D eigenvalue weighted by atomic mass is 9.42. The molecule has 5 rings (SSSR count). The number of fused-ring (bicyclic) bond motifs is 3. The van der Waals surface area contributed by atoms with Gasteiger partial charge in [0.2, 0.25) is 0 Å². The summed E-state index contributed by atoms with van der Waals surface area (Å²) in [4.78, 5) is 25.1. The lowest BCUT2D eigenvalue weighted by Crippen LogP contribution is -2.61. The summed E-state index contributed by atoms with van der Waals surface area (Å²) < 4.78 is 11.8. The Labute approximate surface area is 156 Å². The minimum absolute atomic E-state index is 0.0345. The van der Waals surface area contributed by atoms with Gasteiger partial charge in [0.25, 0.3) is 0 Å². The maximum Gasteiger partial charge on any atom is 0.313 e. The first kappa shape index (κ1) is 17.8. The van der Waals surface area contributed by atoms with Gasteiger partial charge in [0.15, 0.2) is 0 Å². The molecule has 4 fully saturated rings. The predicted octanol–water partition coefficient (Wildman–Crippen LogP) is 4.34. The number of carbonyl (C=O) groups excluding carboxylic acids is 2. The standard InChI is InChI=1S/C22H30O4/c1-13(2)21-10-11-22-16(21)8-9-20(5,26-19(22)24)18(25-15(4)23)7-6-14(3)12-17(21)22/h12,16-18H,1,6-11H2,2-5H3/b14-12-/t16-,17-,18-,20+,21+,22-/m0/s1. The monoisotopic (exact) mass is 358 g/mol. The first-order valence-electron chi connectivity index (χ1n) is 9.91. The van der Waals surface area contributed by atoms with Crippen molar-refractivity contribution in [3.05, 3.63) is 23.8 Å². The maximum absolute atomic E-state index is 13.4. The van der Waals surface area contributed by atoms with Crippen LogP contribution in [0.4, 0.5) is 0 Å². The van der Waals surface area contributed by atoms with Crippen LogP contribution >= 0.6 is 0 Å². The van der Waals surface area contributed by atoms with Crippen LogP contribution in [-0.2, 0) is 19.1 Å². The molecular formula is C22H30O4. The largest absolute Gasteiger partial charge is 0.458 e. The van der Waals surface area contributed by atoms with E-state index in [0.29, 0.717) is 12.3 Å². The second-order valence-corrected chi connectivity index (χ2v) is 9.28. The third kappa shape index (κ3) is 2.02. The number of rotatable bonds is 2. The second-order valence-electron chi connectivity index (χ2n) is 9.28. The van der Waals surface area contributed by atoms with E-state index in [1.807, 2.05) is 6.92 Å². The van der Waals surface area contributed by atoms with Gasteiger partial charge in [-0.1, -0.05) is 23.8 Å². The SMILES string of the molecule is C=C(C)[C@]12CC[C@]34C(=O)O[C@](C)(CC[C@@H]13)[C@@H](OC(C)=O)CC/C(C)=C\[C@@H]24. The molecule has 26 heavy (non-hydrogen) atoms. The smallest absolute Gasteiger partial charge is 0.313 e. The van der Waals surface area contributed by atoms with Gasteiger partial charge in [-0.2, -0.15) is 0 Å². The van der Waals surface area contributed by atoms with E-state index >= 15 is 0 Å². The first-order valence-corrected chi connectivity index (χ1v) is 9.91. The van der Waals surface area contributed by atoms with Crippen molar-refractivity contribution in [2.24, 2.45) is 22.7 Å². The average Bonchev–Trinajstić information content (AvgIpc) is 3.03. The van der Waals surface area contributed by atoms with E-state index in [4.69, 9.17) is 9.47 Å². The summed E-state index contributed by atoms with van der Waals surface area (Å²) in [6.45, 7) is 12.0. The number of esters is 2. The summed E-state index contributed by atoms with van der Waals surface area (Å²) >= 11 is 0. The van der Waals surface area contributed by atoms with E-state index in [-0.39, 0.29) is 23.3 Å². The number of allylic oxidation sites excluding steroid dienone is 3. The molecule has 0 amide bonds. The second kappa shape index (κ2) is 5.46. The molecule has 3 aliphatic carbocycles. The van der Waals surface area contributed by atoms with Crippen LogP contribution in [0.1, 0.15) is 66.2 Å². The van der Waals surface area contributed by atoms with Crippen molar-refractivity contribution in [2.75, 3.05) is 0 Å². The van der Waals surface area contributed by atoms with Crippen molar-refractivity contribution in [1.82, 2.24) is 0 Å². The molecule has 2 aliphatic heterocycles. The molecule has 1 saturated heterocycles. The average molecular weight is 358 g/mol. The molecule has 2 heterocycles. The molecule has 0 aromatic carbocycles. The number of ether oxygens (including phenoxy) is 2. The highest BCUT2D eigenvalue weighted by molar-refractivity contribution is 5.83. The molecule has 0 aromatic rings. The molecule has 6 atom stereocenters. The van der Waals surface area contributed by atoms with Crippen molar-refractivity contribution >= 4 is 11.9 Å². The van der Waals surface area contributed by atoms with Gasteiger partial charge in [0.1, 0.15) is 11.7 Å². The van der Waals surface area contributed by atoms with E-state index in [9.17, 15) is 9.59 Å². The first-order chi connectivity index (χ1) is 12.2. The Morgan fingerprint density at radius 1 is 1.27 bits per heavy atom. The zero-order valence-electron chi connectivity index (χ0n) is 16.4. The maximum atomic E-state index is 13.4. The van der Waals surface area contributed by atoms with E-state index in [2.05, 4.69) is 26.5 Å². The Balaban J connectivity index is 1.83. The highest BCUT2D eigenvalue weighted by Crippen LogP contribution is 2.79. The van der Waals surface area contributed by atoms with Crippen LogP contribution < -0.4 is 0 Å². The summed E-state index contributed by atoms with van der Waals surface area (Å²) in [6.07, 6.45) is 7.05. The number of hydrogen-bond acceptors (Lipinski definition) is 4. The molecule has 0 N–H and O–H groups in total. The molecule has 3 bridgehead atoms. The zero-order valence-corrected chi connectivity index (χ0v) is 16.4. The van der Waals surface area contributed by atoms with Crippen LogP contribution in [0.3, 0.4) is 0 Å². The molecule has 3 saturated carbocycles. The molecular weight excluding hydrogens is 328 g/mol. The number of hydrogen-bond donors (Lipinski definition) is 0. The van der Waals surface area contributed by atoms with E-state index < -0.39 is 17.1 Å². The fourth-order valence-corrected chi connectivity index (χ4v) is 6.72. The van der Waals surface area contributed by atoms with Crippen LogP contribution in [0.2, 0.25) is 0 Å². The van der Waals surface area contributed by atoms with Gasteiger partial charge in [-0.25, -0.2) is 0 Å².